The molecule has 2 atom stereocenters. The zero-order valence-corrected chi connectivity index (χ0v) is 10.6. The molecular weight excluding hydrogens is 234 g/mol. The molecule has 3 fully saturated rings. The molecule has 2 unspecified atom stereocenters. The van der Waals surface area contributed by atoms with Crippen LogP contribution >= 0.6 is 11.6 Å². The van der Waals surface area contributed by atoms with E-state index in [0.29, 0.717) is 6.04 Å². The molecule has 3 aliphatic heterocycles. The van der Waals surface area contributed by atoms with Gasteiger partial charge in [0, 0.05) is 49.8 Å². The molecule has 3 aliphatic rings. The summed E-state index contributed by atoms with van der Waals surface area (Å²) in [6.07, 6.45) is 0. The van der Waals surface area contributed by atoms with Crippen molar-refractivity contribution in [2.75, 3.05) is 32.7 Å². The molecule has 2 bridgehead atoms. The van der Waals surface area contributed by atoms with E-state index in [2.05, 4.69) is 15.9 Å². The number of hydrogen-bond donors (Lipinski definition) is 1. The number of rotatable bonds is 2. The number of nitrogens with two attached hydrogens (primary N) is 1. The van der Waals surface area contributed by atoms with Crippen molar-refractivity contribution in [3.05, 3.63) is 34.9 Å². The molecule has 3 saturated heterocycles. The Hall–Kier alpha value is -0.610. The van der Waals surface area contributed by atoms with E-state index in [9.17, 15) is 0 Å². The zero-order valence-electron chi connectivity index (χ0n) is 9.85. The smallest absolute Gasteiger partial charge is 0.0466 e. The molecule has 2 N–H and O–H groups in total. The van der Waals surface area contributed by atoms with Gasteiger partial charge in [-0.25, -0.2) is 0 Å². The van der Waals surface area contributed by atoms with E-state index < -0.39 is 0 Å². The van der Waals surface area contributed by atoms with Crippen molar-refractivity contribution in [1.82, 2.24) is 9.80 Å². The van der Waals surface area contributed by atoms with Crippen LogP contribution in [0, 0.1) is 0 Å². The van der Waals surface area contributed by atoms with Crippen molar-refractivity contribution in [2.45, 2.75) is 12.1 Å². The molecule has 0 radical (unpaired) electrons. The summed E-state index contributed by atoms with van der Waals surface area (Å²) < 4.78 is 0. The van der Waals surface area contributed by atoms with Crippen LogP contribution < -0.4 is 5.73 Å². The molecule has 3 heterocycles. The van der Waals surface area contributed by atoms with E-state index in [1.807, 2.05) is 18.2 Å². The summed E-state index contributed by atoms with van der Waals surface area (Å²) in [6, 6.07) is 8.45. The molecule has 92 valence electrons. The Balaban J connectivity index is 1.80. The van der Waals surface area contributed by atoms with E-state index in [4.69, 9.17) is 17.3 Å². The first-order chi connectivity index (χ1) is 8.24. The monoisotopic (exact) mass is 251 g/mol. The zero-order chi connectivity index (χ0) is 11.8. The Labute approximate surface area is 107 Å². The summed E-state index contributed by atoms with van der Waals surface area (Å²) in [5, 5.41) is 0.772. The molecule has 4 rings (SSSR count). The van der Waals surface area contributed by atoms with Gasteiger partial charge in [-0.05, 0) is 17.7 Å². The highest BCUT2D eigenvalue weighted by Crippen LogP contribution is 2.26. The van der Waals surface area contributed by atoms with Crippen LogP contribution in [0.2, 0.25) is 5.02 Å². The van der Waals surface area contributed by atoms with E-state index in [1.54, 1.807) is 0 Å². The summed E-state index contributed by atoms with van der Waals surface area (Å²) in [5.74, 6) is 0. The highest BCUT2D eigenvalue weighted by Gasteiger charge is 2.35. The topological polar surface area (TPSA) is 32.5 Å². The number of nitrogens with zero attached hydrogens (tertiary/aromatic N) is 2. The van der Waals surface area contributed by atoms with Gasteiger partial charge in [0.1, 0.15) is 0 Å². The molecule has 1 aromatic carbocycles. The predicted octanol–water partition coefficient (Wildman–Crippen LogP) is 1.34. The fourth-order valence-electron chi connectivity index (χ4n) is 2.93. The highest BCUT2D eigenvalue weighted by atomic mass is 35.5. The van der Waals surface area contributed by atoms with E-state index in [0.717, 1.165) is 30.2 Å². The van der Waals surface area contributed by atoms with Crippen molar-refractivity contribution in [2.24, 2.45) is 5.73 Å². The van der Waals surface area contributed by atoms with Gasteiger partial charge >= 0.3 is 0 Å². The molecular formula is C13H18ClN3. The fourth-order valence-corrected chi connectivity index (χ4v) is 3.13. The van der Waals surface area contributed by atoms with Gasteiger partial charge < -0.3 is 5.73 Å². The summed E-state index contributed by atoms with van der Waals surface area (Å²) in [6.45, 7) is 5.78. The third kappa shape index (κ3) is 2.20. The van der Waals surface area contributed by atoms with Crippen LogP contribution in [0.25, 0.3) is 0 Å². The number of piperazine rings is 3. The molecule has 0 saturated carbocycles. The van der Waals surface area contributed by atoms with Crippen LogP contribution in [0.15, 0.2) is 24.3 Å². The van der Waals surface area contributed by atoms with Gasteiger partial charge in [0.15, 0.2) is 0 Å². The molecule has 17 heavy (non-hydrogen) atoms. The molecule has 0 spiro atoms. The van der Waals surface area contributed by atoms with Crippen LogP contribution in [0.4, 0.5) is 0 Å². The summed E-state index contributed by atoms with van der Waals surface area (Å²) in [7, 11) is 0. The standard InChI is InChI=1S/C13H18ClN3/c14-11-3-1-2-10(8-11)13(15)12-9-16-4-6-17(12)7-5-16/h1-3,8,12-13H,4-7,9,15H2. The lowest BCUT2D eigenvalue weighted by atomic mass is 9.95. The fraction of sp³-hybridized carbons (Fsp3) is 0.538. The van der Waals surface area contributed by atoms with Crippen molar-refractivity contribution in [3.63, 3.8) is 0 Å². The predicted molar refractivity (Wildman–Crippen MR) is 70.2 cm³/mol. The molecule has 0 amide bonds. The average molecular weight is 252 g/mol. The van der Waals surface area contributed by atoms with E-state index in [1.165, 1.54) is 13.1 Å². The maximum atomic E-state index is 6.40. The third-order valence-electron chi connectivity index (χ3n) is 3.97. The van der Waals surface area contributed by atoms with Crippen LogP contribution in [0.1, 0.15) is 11.6 Å². The summed E-state index contributed by atoms with van der Waals surface area (Å²) >= 11 is 6.03. The number of halogens is 1. The molecule has 3 nitrogen and oxygen atoms in total. The third-order valence-corrected chi connectivity index (χ3v) is 4.20. The number of benzene rings is 1. The maximum Gasteiger partial charge on any atom is 0.0466 e. The summed E-state index contributed by atoms with van der Waals surface area (Å²) in [5.41, 5.74) is 7.55. The minimum absolute atomic E-state index is 0.0665. The van der Waals surface area contributed by atoms with Gasteiger partial charge in [0.05, 0.1) is 0 Å². The molecule has 0 aliphatic carbocycles. The second-order valence-electron chi connectivity index (χ2n) is 4.98. The lowest BCUT2D eigenvalue weighted by molar-refractivity contribution is 0.00215. The van der Waals surface area contributed by atoms with Crippen LogP contribution in [0.3, 0.4) is 0 Å². The van der Waals surface area contributed by atoms with E-state index in [-0.39, 0.29) is 6.04 Å². The minimum Gasteiger partial charge on any atom is -0.323 e. The second-order valence-corrected chi connectivity index (χ2v) is 5.42. The number of hydrogen-bond acceptors (Lipinski definition) is 3. The van der Waals surface area contributed by atoms with Gasteiger partial charge in [0.25, 0.3) is 0 Å². The number of fused-ring (bicyclic) bond motifs is 3. The SMILES string of the molecule is NC(c1cccc(Cl)c1)C1CN2CCN1CC2. The Bertz CT molecular complexity index is 401. The Kier molecular flexibility index (Phi) is 3.09. The van der Waals surface area contributed by atoms with Crippen LogP contribution in [0.5, 0.6) is 0 Å². The normalized spacial score (nSPS) is 33.6. The van der Waals surface area contributed by atoms with Gasteiger partial charge in [-0.1, -0.05) is 23.7 Å². The van der Waals surface area contributed by atoms with Crippen molar-refractivity contribution < 1.29 is 0 Å². The van der Waals surface area contributed by atoms with Gasteiger partial charge in [-0.2, -0.15) is 0 Å². The lowest BCUT2D eigenvalue weighted by Crippen LogP contribution is -2.63. The quantitative estimate of drug-likeness (QED) is 0.861. The van der Waals surface area contributed by atoms with Crippen LogP contribution in [-0.4, -0.2) is 48.6 Å². The van der Waals surface area contributed by atoms with Crippen molar-refractivity contribution >= 4 is 11.6 Å². The first kappa shape index (κ1) is 11.5. The minimum atomic E-state index is 0.0665. The largest absolute Gasteiger partial charge is 0.323 e. The second kappa shape index (κ2) is 4.58. The van der Waals surface area contributed by atoms with Crippen LogP contribution in [-0.2, 0) is 0 Å². The summed E-state index contributed by atoms with van der Waals surface area (Å²) in [4.78, 5) is 5.03. The van der Waals surface area contributed by atoms with Gasteiger partial charge in [-0.15, -0.1) is 0 Å². The van der Waals surface area contributed by atoms with Gasteiger partial charge in [-0.3, -0.25) is 9.80 Å². The first-order valence-corrected chi connectivity index (χ1v) is 6.59. The lowest BCUT2D eigenvalue weighted by Gasteiger charge is -2.49. The molecule has 0 aromatic heterocycles. The van der Waals surface area contributed by atoms with Gasteiger partial charge in [0.2, 0.25) is 0 Å². The van der Waals surface area contributed by atoms with E-state index >= 15 is 0 Å². The molecule has 1 aromatic rings. The Morgan fingerprint density at radius 2 is 2.00 bits per heavy atom. The average Bonchev–Trinajstić information content (AvgIpc) is 2.39. The Morgan fingerprint density at radius 3 is 2.59 bits per heavy atom. The maximum absolute atomic E-state index is 6.40. The van der Waals surface area contributed by atoms with Crippen molar-refractivity contribution in [3.8, 4) is 0 Å². The Morgan fingerprint density at radius 1 is 1.24 bits per heavy atom. The molecule has 4 heteroatoms. The first-order valence-electron chi connectivity index (χ1n) is 6.21. The highest BCUT2D eigenvalue weighted by molar-refractivity contribution is 6.30. The van der Waals surface area contributed by atoms with Crippen molar-refractivity contribution in [1.29, 1.82) is 0 Å².